The van der Waals surface area contributed by atoms with Crippen molar-refractivity contribution in [2.24, 2.45) is 0 Å². The number of aryl methyl sites for hydroxylation is 2. The molecule has 0 saturated carbocycles. The summed E-state index contributed by atoms with van der Waals surface area (Å²) >= 11 is 1.58. The van der Waals surface area contributed by atoms with Crippen LogP contribution in [0.5, 0.6) is 0 Å². The van der Waals surface area contributed by atoms with Gasteiger partial charge in [-0.15, -0.1) is 48.8 Å². The minimum atomic E-state index is 0. The number of halogens is 2. The zero-order valence-corrected chi connectivity index (χ0v) is 27.1. The molecule has 0 nitrogen and oxygen atoms in total. The van der Waals surface area contributed by atoms with Crippen LogP contribution in [0.1, 0.15) is 62.8 Å². The first kappa shape index (κ1) is 37.6. The molecule has 186 valence electrons. The molecule has 0 N–H and O–H groups in total. The van der Waals surface area contributed by atoms with Gasteiger partial charge in [-0.2, -0.15) is 23.3 Å². The fraction of sp³-hybridized carbons (Fsp3) is 0.267. The van der Waals surface area contributed by atoms with Gasteiger partial charge in [-0.05, 0) is 24.0 Å². The Labute approximate surface area is 239 Å². The Hall–Kier alpha value is -0.920. The summed E-state index contributed by atoms with van der Waals surface area (Å²) in [6, 6.07) is 17.7. The number of benzene rings is 2. The molecule has 0 aromatic heterocycles. The molecule has 2 aromatic carbocycles. The van der Waals surface area contributed by atoms with Crippen molar-refractivity contribution in [3.63, 3.8) is 0 Å². The van der Waals surface area contributed by atoms with E-state index >= 15 is 0 Å². The van der Waals surface area contributed by atoms with E-state index in [1.54, 1.807) is 23.3 Å². The molecule has 4 rings (SSSR count). The van der Waals surface area contributed by atoms with Crippen LogP contribution in [0.4, 0.5) is 0 Å². The van der Waals surface area contributed by atoms with Crippen LogP contribution in [-0.2, 0) is 36.2 Å². The van der Waals surface area contributed by atoms with E-state index in [2.05, 4.69) is 101 Å². The van der Waals surface area contributed by atoms with Gasteiger partial charge >= 0.3 is 30.2 Å². The average Bonchev–Trinajstić information content (AvgIpc) is 3.43. The summed E-state index contributed by atoms with van der Waals surface area (Å²) in [6.45, 7) is 10.6. The molecule has 2 aromatic rings. The van der Waals surface area contributed by atoms with E-state index in [4.69, 9.17) is 0 Å². The predicted molar refractivity (Wildman–Crippen MR) is 158 cm³/mol. The molecule has 0 bridgehead atoms. The van der Waals surface area contributed by atoms with E-state index in [9.17, 15) is 0 Å². The van der Waals surface area contributed by atoms with Crippen molar-refractivity contribution >= 4 is 42.8 Å². The van der Waals surface area contributed by atoms with Crippen LogP contribution >= 0.6 is 24.8 Å². The van der Waals surface area contributed by atoms with Gasteiger partial charge in [-0.25, -0.2) is 11.1 Å². The first-order valence-electron chi connectivity index (χ1n) is 10.7. The van der Waals surface area contributed by atoms with E-state index in [-0.39, 0.29) is 39.7 Å². The number of allylic oxidation sites excluding steroid dienone is 8. The summed E-state index contributed by atoms with van der Waals surface area (Å²) in [5, 5.41) is 0. The second kappa shape index (κ2) is 20.3. The molecule has 0 aliphatic heterocycles. The van der Waals surface area contributed by atoms with Crippen LogP contribution in [0.3, 0.4) is 0 Å². The maximum atomic E-state index is 3.32. The normalized spacial score (nSPS) is 12.7. The van der Waals surface area contributed by atoms with E-state index < -0.39 is 0 Å². The van der Waals surface area contributed by atoms with Gasteiger partial charge in [0.2, 0.25) is 0 Å². The van der Waals surface area contributed by atoms with Crippen LogP contribution in [-0.4, -0.2) is 6.88 Å². The van der Waals surface area contributed by atoms with Gasteiger partial charge in [0.25, 0.3) is 0 Å². The molecule has 34 heavy (non-hydrogen) atoms. The van der Waals surface area contributed by atoms with Gasteiger partial charge < -0.3 is 14.9 Å². The Kier molecular flexibility index (Phi) is 22.5. The molecule has 0 saturated heterocycles. The van der Waals surface area contributed by atoms with Crippen molar-refractivity contribution < 1.29 is 23.3 Å². The quantitative estimate of drug-likeness (QED) is 0.248. The Bertz CT molecular complexity index is 873. The molecular formula is C30H40Cl2SiZr-4. The topological polar surface area (TPSA) is 0 Å². The average molecular weight is 591 g/mol. The van der Waals surface area contributed by atoms with E-state index in [1.807, 2.05) is 6.88 Å². The van der Waals surface area contributed by atoms with Crippen molar-refractivity contribution in [2.75, 3.05) is 0 Å². The van der Waals surface area contributed by atoms with Crippen LogP contribution in [0, 0.1) is 27.0 Å². The monoisotopic (exact) mass is 588 g/mol. The van der Waals surface area contributed by atoms with Gasteiger partial charge in [0.15, 0.2) is 0 Å². The Balaban J connectivity index is -0.000000475. The Morgan fingerprint density at radius 1 is 0.647 bits per heavy atom. The Morgan fingerprint density at radius 3 is 1.15 bits per heavy atom. The summed E-state index contributed by atoms with van der Waals surface area (Å²) in [4.78, 5) is 0. The zero-order valence-electron chi connectivity index (χ0n) is 21.6. The van der Waals surface area contributed by atoms with Gasteiger partial charge in [-0.3, -0.25) is 12.2 Å². The maximum absolute atomic E-state index is 3.32. The molecule has 0 atom stereocenters. The molecule has 2 aliphatic rings. The fourth-order valence-electron chi connectivity index (χ4n) is 3.62. The molecule has 0 fully saturated rings. The third kappa shape index (κ3) is 10.8. The molecule has 4 heteroatoms. The van der Waals surface area contributed by atoms with E-state index in [0.29, 0.717) is 0 Å². The summed E-state index contributed by atoms with van der Waals surface area (Å²) in [6.07, 6.45) is 15.3. The van der Waals surface area contributed by atoms with Crippen LogP contribution in [0.15, 0.2) is 71.8 Å². The minimum absolute atomic E-state index is 0. The second-order valence-electron chi connectivity index (χ2n) is 7.35. The molecule has 0 unspecified atom stereocenters. The number of hydrogen-bond acceptors (Lipinski definition) is 0. The summed E-state index contributed by atoms with van der Waals surface area (Å²) in [5.41, 5.74) is 10.7. The molecule has 2 aliphatic carbocycles. The SMILES string of the molecule is CCc1ccc(C2=CC[C-]=C2C)cc1.CCc1ccc(C2=CC[C-]=C2C)cc1.Cl.Cl.[CH3-].[CH3-].[SiH2]=[Zr]. The first-order chi connectivity index (χ1) is 14.6. The molecular weight excluding hydrogens is 551 g/mol. The van der Waals surface area contributed by atoms with E-state index in [1.165, 1.54) is 44.5 Å². The second-order valence-corrected chi connectivity index (χ2v) is 7.35. The van der Waals surface area contributed by atoms with Gasteiger partial charge in [-0.1, -0.05) is 76.2 Å². The van der Waals surface area contributed by atoms with Crippen molar-refractivity contribution in [3.8, 4) is 0 Å². The molecule has 0 spiro atoms. The van der Waals surface area contributed by atoms with Gasteiger partial charge in [0, 0.05) is 0 Å². The Morgan fingerprint density at radius 2 is 0.941 bits per heavy atom. The molecule has 0 amide bonds. The van der Waals surface area contributed by atoms with Crippen molar-refractivity contribution in [3.05, 3.63) is 121 Å². The van der Waals surface area contributed by atoms with Crippen molar-refractivity contribution in [1.82, 2.24) is 0 Å². The summed E-state index contributed by atoms with van der Waals surface area (Å²) in [7, 11) is 0. The van der Waals surface area contributed by atoms with Crippen molar-refractivity contribution in [2.45, 2.75) is 53.4 Å². The first-order valence-corrected chi connectivity index (χ1v) is 16.6. The van der Waals surface area contributed by atoms with Gasteiger partial charge in [0.05, 0.1) is 0 Å². The third-order valence-electron chi connectivity index (χ3n) is 5.50. The standard InChI is InChI=1S/2C14H15.2CH3.2ClH.H2Si.Zr/c2*1-3-12-7-9-13(10-8-12)14-6-4-5-11(14)2;;;;;;/h2*6-10H,3-4H2,1-2H3;2*1H3;2*1H;1H2;/q4*-1;;;;. The fourth-order valence-corrected chi connectivity index (χ4v) is 3.62. The van der Waals surface area contributed by atoms with Crippen molar-refractivity contribution in [1.29, 1.82) is 0 Å². The predicted octanol–water partition coefficient (Wildman–Crippen LogP) is 8.40. The van der Waals surface area contributed by atoms with Crippen LogP contribution in [0.25, 0.3) is 11.1 Å². The number of rotatable bonds is 4. The van der Waals surface area contributed by atoms with E-state index in [0.717, 1.165) is 25.7 Å². The van der Waals surface area contributed by atoms with Gasteiger partial charge in [0.1, 0.15) is 0 Å². The molecule has 0 heterocycles. The third-order valence-corrected chi connectivity index (χ3v) is 5.50. The zero-order chi connectivity index (χ0) is 21.9. The summed E-state index contributed by atoms with van der Waals surface area (Å²) in [5.74, 6) is 0. The number of hydrogen-bond donors (Lipinski definition) is 0. The van der Waals surface area contributed by atoms with Crippen LogP contribution < -0.4 is 0 Å². The summed E-state index contributed by atoms with van der Waals surface area (Å²) < 4.78 is 0. The molecule has 0 radical (unpaired) electrons. The van der Waals surface area contributed by atoms with Crippen LogP contribution in [0.2, 0.25) is 0 Å².